The molecule has 0 aromatic carbocycles. The molecule has 0 amide bonds. The van der Waals surface area contributed by atoms with E-state index in [0.717, 1.165) is 0 Å². The van der Waals surface area contributed by atoms with Crippen LogP contribution in [0.3, 0.4) is 0 Å². The van der Waals surface area contributed by atoms with Gasteiger partial charge in [0.15, 0.2) is 0 Å². The van der Waals surface area contributed by atoms with Crippen molar-refractivity contribution < 1.29 is 14.6 Å². The van der Waals surface area contributed by atoms with Crippen molar-refractivity contribution in [2.45, 2.75) is 27.3 Å². The third kappa shape index (κ3) is 2.98. The molecule has 1 rings (SSSR count). The van der Waals surface area contributed by atoms with Gasteiger partial charge in [0.1, 0.15) is 0 Å². The summed E-state index contributed by atoms with van der Waals surface area (Å²) in [5.74, 6) is -0.853. The van der Waals surface area contributed by atoms with Crippen molar-refractivity contribution in [1.29, 1.82) is 0 Å². The second kappa shape index (κ2) is 5.82. The van der Waals surface area contributed by atoms with Crippen molar-refractivity contribution >= 4 is 5.97 Å². The molecule has 0 bridgehead atoms. The number of hydrogen-bond donors (Lipinski definition) is 1. The highest BCUT2D eigenvalue weighted by Crippen LogP contribution is 2.12. The third-order valence-corrected chi connectivity index (χ3v) is 2.93. The minimum absolute atomic E-state index is 0.149. The number of aromatic nitrogens is 1. The molecule has 5 heteroatoms. The van der Waals surface area contributed by atoms with E-state index in [4.69, 9.17) is 9.84 Å². The number of carboxylic acids is 1. The first-order chi connectivity index (χ1) is 8.38. The van der Waals surface area contributed by atoms with E-state index >= 15 is 0 Å². The maximum atomic E-state index is 11.9. The van der Waals surface area contributed by atoms with Crippen LogP contribution in [0.1, 0.15) is 28.5 Å². The van der Waals surface area contributed by atoms with E-state index in [1.807, 2.05) is 6.92 Å². The van der Waals surface area contributed by atoms with Gasteiger partial charge in [-0.25, -0.2) is 4.79 Å². The molecular formula is C13H19NO4. The maximum absolute atomic E-state index is 11.9. The van der Waals surface area contributed by atoms with Gasteiger partial charge in [0.2, 0.25) is 0 Å². The minimum atomic E-state index is -1.00. The van der Waals surface area contributed by atoms with Gasteiger partial charge in [0, 0.05) is 25.4 Å². The van der Waals surface area contributed by atoms with Gasteiger partial charge >= 0.3 is 5.97 Å². The fraction of sp³-hybridized carbons (Fsp3) is 0.538. The molecule has 0 aliphatic rings. The highest BCUT2D eigenvalue weighted by Gasteiger charge is 2.16. The van der Waals surface area contributed by atoms with Crippen LogP contribution in [-0.2, 0) is 11.3 Å². The molecular weight excluding hydrogens is 234 g/mol. The lowest BCUT2D eigenvalue weighted by Gasteiger charge is -2.17. The van der Waals surface area contributed by atoms with E-state index in [1.165, 1.54) is 10.6 Å². The molecule has 0 aliphatic heterocycles. The van der Waals surface area contributed by atoms with Crippen LogP contribution in [0, 0.1) is 19.8 Å². The van der Waals surface area contributed by atoms with Crippen molar-refractivity contribution in [1.82, 2.24) is 4.57 Å². The van der Waals surface area contributed by atoms with Gasteiger partial charge in [0.05, 0.1) is 12.2 Å². The molecule has 0 spiro atoms. The molecule has 0 fully saturated rings. The highest BCUT2D eigenvalue weighted by atomic mass is 16.5. The Hall–Kier alpha value is -1.62. The van der Waals surface area contributed by atoms with Crippen LogP contribution in [0.15, 0.2) is 10.9 Å². The molecule has 0 radical (unpaired) electrons. The predicted octanol–water partition coefficient (Wildman–Crippen LogP) is 1.45. The third-order valence-electron chi connectivity index (χ3n) is 2.93. The Morgan fingerprint density at radius 1 is 1.50 bits per heavy atom. The zero-order valence-corrected chi connectivity index (χ0v) is 11.2. The van der Waals surface area contributed by atoms with Gasteiger partial charge in [0.25, 0.3) is 5.56 Å². The van der Waals surface area contributed by atoms with E-state index in [2.05, 4.69) is 0 Å². The summed E-state index contributed by atoms with van der Waals surface area (Å²) in [5, 5.41) is 9.16. The van der Waals surface area contributed by atoms with Gasteiger partial charge in [-0.1, -0.05) is 6.92 Å². The summed E-state index contributed by atoms with van der Waals surface area (Å²) in [6.45, 7) is 6.25. The Kier molecular flexibility index (Phi) is 4.67. The molecule has 0 saturated heterocycles. The fourth-order valence-corrected chi connectivity index (χ4v) is 2.12. The van der Waals surface area contributed by atoms with E-state index in [0.29, 0.717) is 24.4 Å². The van der Waals surface area contributed by atoms with Crippen LogP contribution in [0.2, 0.25) is 0 Å². The molecule has 100 valence electrons. The molecule has 1 heterocycles. The number of nitrogens with zero attached hydrogens (tertiary/aromatic N) is 1. The zero-order chi connectivity index (χ0) is 13.9. The van der Waals surface area contributed by atoms with Gasteiger partial charge in [-0.05, 0) is 25.3 Å². The summed E-state index contributed by atoms with van der Waals surface area (Å²) in [5.41, 5.74) is 1.04. The van der Waals surface area contributed by atoms with Crippen LogP contribution < -0.4 is 5.56 Å². The number of aromatic carboxylic acids is 1. The fourth-order valence-electron chi connectivity index (χ4n) is 2.12. The monoisotopic (exact) mass is 253 g/mol. The second-order valence-electron chi connectivity index (χ2n) is 4.60. The van der Waals surface area contributed by atoms with E-state index in [-0.39, 0.29) is 17.0 Å². The summed E-state index contributed by atoms with van der Waals surface area (Å²) in [6.07, 6.45) is 0. The maximum Gasteiger partial charge on any atom is 0.337 e. The van der Waals surface area contributed by atoms with Gasteiger partial charge in [-0.15, -0.1) is 0 Å². The molecule has 0 aliphatic carbocycles. The van der Waals surface area contributed by atoms with Gasteiger partial charge in [-0.2, -0.15) is 0 Å². The van der Waals surface area contributed by atoms with Crippen molar-refractivity contribution in [3.05, 3.63) is 33.2 Å². The number of methoxy groups -OCH3 is 1. The number of carboxylic acid groups (broad SMARTS) is 1. The minimum Gasteiger partial charge on any atom is -0.478 e. The largest absolute Gasteiger partial charge is 0.478 e. The predicted molar refractivity (Wildman–Crippen MR) is 68.2 cm³/mol. The molecule has 1 atom stereocenters. The molecule has 18 heavy (non-hydrogen) atoms. The lowest BCUT2D eigenvalue weighted by molar-refractivity contribution is 0.0693. The van der Waals surface area contributed by atoms with Crippen molar-refractivity contribution in [3.63, 3.8) is 0 Å². The lowest BCUT2D eigenvalue weighted by Crippen LogP contribution is -2.28. The number of pyridine rings is 1. The first kappa shape index (κ1) is 14.4. The Labute approximate surface area is 106 Å². The lowest BCUT2D eigenvalue weighted by atomic mass is 10.1. The second-order valence-corrected chi connectivity index (χ2v) is 4.60. The van der Waals surface area contributed by atoms with Crippen LogP contribution in [-0.4, -0.2) is 29.4 Å². The average Bonchev–Trinajstić information content (AvgIpc) is 2.23. The van der Waals surface area contributed by atoms with E-state index in [9.17, 15) is 9.59 Å². The summed E-state index contributed by atoms with van der Waals surface area (Å²) in [6, 6.07) is 1.37. The summed E-state index contributed by atoms with van der Waals surface area (Å²) < 4.78 is 6.53. The smallest absolute Gasteiger partial charge is 0.337 e. The molecule has 5 nitrogen and oxygen atoms in total. The van der Waals surface area contributed by atoms with Gasteiger partial charge < -0.3 is 14.4 Å². The first-order valence-corrected chi connectivity index (χ1v) is 5.81. The van der Waals surface area contributed by atoms with E-state index in [1.54, 1.807) is 21.0 Å². The Morgan fingerprint density at radius 2 is 2.11 bits per heavy atom. The van der Waals surface area contributed by atoms with Gasteiger partial charge in [-0.3, -0.25) is 4.79 Å². The molecule has 0 saturated carbocycles. The van der Waals surface area contributed by atoms with Crippen LogP contribution in [0.5, 0.6) is 0 Å². The average molecular weight is 253 g/mol. The first-order valence-electron chi connectivity index (χ1n) is 5.81. The number of rotatable bonds is 5. The number of carbonyl (C=O) groups is 1. The highest BCUT2D eigenvalue weighted by molar-refractivity contribution is 5.90. The van der Waals surface area contributed by atoms with E-state index < -0.39 is 5.97 Å². The van der Waals surface area contributed by atoms with Crippen LogP contribution >= 0.6 is 0 Å². The zero-order valence-electron chi connectivity index (χ0n) is 11.2. The normalized spacial score (nSPS) is 12.4. The summed E-state index contributed by atoms with van der Waals surface area (Å²) in [7, 11) is 1.60. The quantitative estimate of drug-likeness (QED) is 0.862. The molecule has 1 aromatic rings. The van der Waals surface area contributed by atoms with Crippen LogP contribution in [0.4, 0.5) is 0 Å². The summed E-state index contributed by atoms with van der Waals surface area (Å²) >= 11 is 0. The van der Waals surface area contributed by atoms with Crippen LogP contribution in [0.25, 0.3) is 0 Å². The van der Waals surface area contributed by atoms with Crippen molar-refractivity contribution in [2.24, 2.45) is 5.92 Å². The Balaban J connectivity index is 3.24. The Bertz CT molecular complexity index is 504. The SMILES string of the molecule is COCC(C)Cn1c(C)c(C(=O)O)c(C)cc1=O. The van der Waals surface area contributed by atoms with Crippen molar-refractivity contribution in [3.8, 4) is 0 Å². The molecule has 1 aromatic heterocycles. The number of hydrogen-bond acceptors (Lipinski definition) is 3. The number of ether oxygens (including phenoxy) is 1. The molecule has 1 N–H and O–H groups in total. The summed E-state index contributed by atoms with van der Waals surface area (Å²) in [4.78, 5) is 23.1. The standard InChI is InChI=1S/C13H19NO4/c1-8(7-18-4)6-14-10(3)12(13(16)17)9(2)5-11(14)15/h5,8H,6-7H2,1-4H3,(H,16,17). The van der Waals surface area contributed by atoms with Crippen molar-refractivity contribution in [2.75, 3.05) is 13.7 Å². The topological polar surface area (TPSA) is 68.5 Å². The molecule has 1 unspecified atom stereocenters. The number of aryl methyl sites for hydroxylation is 1. The Morgan fingerprint density at radius 3 is 2.61 bits per heavy atom.